The Balaban J connectivity index is 1.63. The van der Waals surface area contributed by atoms with Gasteiger partial charge in [0, 0.05) is 5.56 Å². The number of nitrogens with one attached hydrogen (secondary N) is 1. The molecule has 0 heterocycles. The van der Waals surface area contributed by atoms with Crippen molar-refractivity contribution in [3.8, 4) is 11.5 Å². The molecule has 0 unspecified atom stereocenters. The largest absolute Gasteiger partial charge is 0.507 e. The summed E-state index contributed by atoms with van der Waals surface area (Å²) in [6.45, 7) is 3.81. The topological polar surface area (TPSA) is 70.9 Å². The maximum atomic E-state index is 11.9. The van der Waals surface area contributed by atoms with Gasteiger partial charge >= 0.3 is 0 Å². The first-order valence-corrected chi connectivity index (χ1v) is 8.26. The van der Waals surface area contributed by atoms with Gasteiger partial charge in [0.1, 0.15) is 11.5 Å². The number of amides is 1. The van der Waals surface area contributed by atoms with Crippen molar-refractivity contribution in [1.82, 2.24) is 5.43 Å². The number of fused-ring (bicyclic) bond motifs is 1. The smallest absolute Gasteiger partial charge is 0.277 e. The van der Waals surface area contributed by atoms with Crippen molar-refractivity contribution in [2.24, 2.45) is 5.10 Å². The van der Waals surface area contributed by atoms with Crippen molar-refractivity contribution in [2.45, 2.75) is 13.8 Å². The van der Waals surface area contributed by atoms with Crippen LogP contribution in [0.4, 0.5) is 0 Å². The number of nitrogens with zero attached hydrogens (tertiary/aromatic N) is 1. The number of phenolic OH excluding ortho intramolecular Hbond substituents is 1. The van der Waals surface area contributed by atoms with E-state index < -0.39 is 0 Å². The third kappa shape index (κ3) is 4.19. The van der Waals surface area contributed by atoms with E-state index >= 15 is 0 Å². The number of aryl methyl sites for hydroxylation is 2. The Morgan fingerprint density at radius 2 is 1.85 bits per heavy atom. The SMILES string of the molecule is Cc1cc(C)cc(OCC(=O)NN=Cc2c(O)ccc3ccccc23)c1. The molecule has 5 nitrogen and oxygen atoms in total. The number of carbonyl (C=O) groups is 1. The highest BCUT2D eigenvalue weighted by Crippen LogP contribution is 2.25. The van der Waals surface area contributed by atoms with E-state index in [9.17, 15) is 9.90 Å². The average Bonchev–Trinajstić information content (AvgIpc) is 2.61. The molecular weight excluding hydrogens is 328 g/mol. The van der Waals surface area contributed by atoms with Gasteiger partial charge in [0.25, 0.3) is 5.91 Å². The van der Waals surface area contributed by atoms with Gasteiger partial charge in [0.2, 0.25) is 0 Å². The maximum absolute atomic E-state index is 11.9. The van der Waals surface area contributed by atoms with Crippen molar-refractivity contribution < 1.29 is 14.6 Å². The summed E-state index contributed by atoms with van der Waals surface area (Å²) in [5.74, 6) is 0.377. The van der Waals surface area contributed by atoms with Gasteiger partial charge < -0.3 is 9.84 Å². The predicted molar refractivity (Wildman–Crippen MR) is 103 cm³/mol. The maximum Gasteiger partial charge on any atom is 0.277 e. The summed E-state index contributed by atoms with van der Waals surface area (Å²) in [7, 11) is 0. The Bertz CT molecular complexity index is 960. The number of hydrogen-bond acceptors (Lipinski definition) is 4. The van der Waals surface area contributed by atoms with E-state index in [1.165, 1.54) is 6.21 Å². The van der Waals surface area contributed by atoms with Crippen LogP contribution in [0.25, 0.3) is 10.8 Å². The fraction of sp³-hybridized carbons (Fsp3) is 0.143. The van der Waals surface area contributed by atoms with Gasteiger partial charge in [-0.1, -0.05) is 36.4 Å². The summed E-state index contributed by atoms with van der Waals surface area (Å²) < 4.78 is 5.49. The first-order valence-electron chi connectivity index (χ1n) is 8.26. The van der Waals surface area contributed by atoms with Crippen LogP contribution in [-0.2, 0) is 4.79 Å². The van der Waals surface area contributed by atoms with Gasteiger partial charge in [-0.3, -0.25) is 4.79 Å². The zero-order valence-corrected chi connectivity index (χ0v) is 14.7. The molecule has 1 amide bonds. The number of hydrazone groups is 1. The van der Waals surface area contributed by atoms with Crippen molar-refractivity contribution in [3.05, 3.63) is 71.3 Å². The first kappa shape index (κ1) is 17.5. The molecule has 0 aliphatic heterocycles. The standard InChI is InChI=1S/C21H20N2O3/c1-14-9-15(2)11-17(10-14)26-13-21(25)23-22-12-19-18-6-4-3-5-16(18)7-8-20(19)24/h3-12,24H,13H2,1-2H3,(H,23,25). The second-order valence-electron chi connectivity index (χ2n) is 6.12. The Hall–Kier alpha value is -3.34. The van der Waals surface area contributed by atoms with Crippen LogP contribution in [-0.4, -0.2) is 23.8 Å². The number of rotatable bonds is 5. The van der Waals surface area contributed by atoms with E-state index in [1.807, 2.05) is 62.4 Å². The van der Waals surface area contributed by atoms with Crippen molar-refractivity contribution in [2.75, 3.05) is 6.61 Å². The predicted octanol–water partition coefficient (Wildman–Crippen LogP) is 3.69. The number of carbonyl (C=O) groups excluding carboxylic acids is 1. The normalized spacial score (nSPS) is 11.0. The summed E-state index contributed by atoms with van der Waals surface area (Å²) in [5.41, 5.74) is 5.12. The van der Waals surface area contributed by atoms with Crippen LogP contribution in [0.2, 0.25) is 0 Å². The van der Waals surface area contributed by atoms with Crippen LogP contribution in [0.1, 0.15) is 16.7 Å². The average molecular weight is 348 g/mol. The van der Waals surface area contributed by atoms with E-state index in [-0.39, 0.29) is 18.3 Å². The molecule has 0 bridgehead atoms. The summed E-state index contributed by atoms with van der Waals surface area (Å²) in [4.78, 5) is 11.9. The lowest BCUT2D eigenvalue weighted by Gasteiger charge is -2.07. The molecule has 3 aromatic carbocycles. The summed E-state index contributed by atoms with van der Waals surface area (Å²) >= 11 is 0. The van der Waals surface area contributed by atoms with Crippen LogP contribution in [0.3, 0.4) is 0 Å². The Morgan fingerprint density at radius 3 is 2.62 bits per heavy atom. The first-order chi connectivity index (χ1) is 12.5. The summed E-state index contributed by atoms with van der Waals surface area (Å²) in [6.07, 6.45) is 1.44. The Kier molecular flexibility index (Phi) is 5.17. The summed E-state index contributed by atoms with van der Waals surface area (Å²) in [6, 6.07) is 16.9. The van der Waals surface area contributed by atoms with Crippen LogP contribution in [0, 0.1) is 13.8 Å². The molecule has 2 N–H and O–H groups in total. The van der Waals surface area contributed by atoms with Gasteiger partial charge in [-0.15, -0.1) is 0 Å². The lowest BCUT2D eigenvalue weighted by Crippen LogP contribution is -2.24. The number of benzene rings is 3. The van der Waals surface area contributed by atoms with E-state index in [4.69, 9.17) is 4.74 Å². The lowest BCUT2D eigenvalue weighted by atomic mass is 10.0. The molecule has 3 aromatic rings. The van der Waals surface area contributed by atoms with Gasteiger partial charge in [-0.2, -0.15) is 5.10 Å². The van der Waals surface area contributed by atoms with E-state index in [0.717, 1.165) is 21.9 Å². The fourth-order valence-corrected chi connectivity index (χ4v) is 2.79. The van der Waals surface area contributed by atoms with Crippen LogP contribution in [0.5, 0.6) is 11.5 Å². The molecule has 26 heavy (non-hydrogen) atoms. The highest BCUT2D eigenvalue weighted by Gasteiger charge is 2.06. The monoisotopic (exact) mass is 348 g/mol. The van der Waals surface area contributed by atoms with Crippen LogP contribution < -0.4 is 10.2 Å². The molecule has 0 fully saturated rings. The van der Waals surface area contributed by atoms with Crippen molar-refractivity contribution in [3.63, 3.8) is 0 Å². The van der Waals surface area contributed by atoms with Crippen LogP contribution in [0.15, 0.2) is 59.7 Å². The molecule has 0 aliphatic rings. The third-order valence-corrected chi connectivity index (χ3v) is 3.90. The molecule has 0 aromatic heterocycles. The quantitative estimate of drug-likeness (QED) is 0.546. The third-order valence-electron chi connectivity index (χ3n) is 3.90. The lowest BCUT2D eigenvalue weighted by molar-refractivity contribution is -0.123. The molecule has 3 rings (SSSR count). The molecule has 0 saturated heterocycles. The number of aromatic hydroxyl groups is 1. The van der Waals surface area contributed by atoms with Gasteiger partial charge in [0.15, 0.2) is 6.61 Å². The highest BCUT2D eigenvalue weighted by atomic mass is 16.5. The minimum absolute atomic E-state index is 0.105. The Morgan fingerprint density at radius 1 is 1.12 bits per heavy atom. The number of phenols is 1. The molecular formula is C21H20N2O3. The summed E-state index contributed by atoms with van der Waals surface area (Å²) in [5, 5.41) is 15.8. The van der Waals surface area contributed by atoms with E-state index in [1.54, 1.807) is 6.07 Å². The molecule has 5 heteroatoms. The second kappa shape index (κ2) is 7.70. The molecule has 0 saturated carbocycles. The van der Waals surface area contributed by atoms with Crippen molar-refractivity contribution >= 4 is 22.9 Å². The van der Waals surface area contributed by atoms with Gasteiger partial charge in [-0.25, -0.2) is 5.43 Å². The molecule has 0 radical (unpaired) electrons. The molecule has 0 atom stereocenters. The Labute approximate surface area is 151 Å². The zero-order valence-electron chi connectivity index (χ0n) is 14.7. The van der Waals surface area contributed by atoms with Gasteiger partial charge in [-0.05, 0) is 53.9 Å². The number of ether oxygens (including phenoxy) is 1. The van der Waals surface area contributed by atoms with Crippen LogP contribution >= 0.6 is 0 Å². The molecule has 0 spiro atoms. The van der Waals surface area contributed by atoms with E-state index in [2.05, 4.69) is 10.5 Å². The minimum Gasteiger partial charge on any atom is -0.507 e. The highest BCUT2D eigenvalue weighted by molar-refractivity contribution is 6.02. The zero-order chi connectivity index (χ0) is 18.5. The van der Waals surface area contributed by atoms with E-state index in [0.29, 0.717) is 11.3 Å². The number of hydrogen-bond donors (Lipinski definition) is 2. The van der Waals surface area contributed by atoms with Gasteiger partial charge in [0.05, 0.1) is 6.21 Å². The van der Waals surface area contributed by atoms with Crippen molar-refractivity contribution in [1.29, 1.82) is 0 Å². The molecule has 132 valence electrons. The minimum atomic E-state index is -0.375. The fourth-order valence-electron chi connectivity index (χ4n) is 2.79. The second-order valence-corrected chi connectivity index (χ2v) is 6.12. The molecule has 0 aliphatic carbocycles.